The van der Waals surface area contributed by atoms with Crippen LogP contribution in [-0.2, 0) is 9.59 Å². The van der Waals surface area contributed by atoms with Crippen LogP contribution in [0.4, 0.5) is 5.69 Å². The highest BCUT2D eigenvalue weighted by atomic mass is 16.2. The van der Waals surface area contributed by atoms with Gasteiger partial charge >= 0.3 is 0 Å². The van der Waals surface area contributed by atoms with Crippen molar-refractivity contribution in [2.45, 2.75) is 13.3 Å². The van der Waals surface area contributed by atoms with Crippen LogP contribution in [0.2, 0.25) is 0 Å². The molecule has 0 aromatic heterocycles. The summed E-state index contributed by atoms with van der Waals surface area (Å²) in [5.41, 5.74) is 7.75. The molecule has 1 fully saturated rings. The first-order valence-corrected chi connectivity index (χ1v) is 8.86. The lowest BCUT2D eigenvalue weighted by molar-refractivity contribution is -0.125. The monoisotopic (exact) mass is 347 g/mol. The van der Waals surface area contributed by atoms with E-state index in [0.29, 0.717) is 6.54 Å². The number of nitrogens with one attached hydrogen (secondary N) is 2. The van der Waals surface area contributed by atoms with Crippen molar-refractivity contribution < 1.29 is 9.59 Å². The summed E-state index contributed by atoms with van der Waals surface area (Å²) < 4.78 is 0. The van der Waals surface area contributed by atoms with Gasteiger partial charge in [0.1, 0.15) is 0 Å². The maximum atomic E-state index is 11.6. The summed E-state index contributed by atoms with van der Waals surface area (Å²) in [7, 11) is 0. The van der Waals surface area contributed by atoms with Crippen molar-refractivity contribution in [2.75, 3.05) is 57.3 Å². The topological polar surface area (TPSA) is 90.7 Å². The minimum absolute atomic E-state index is 0.00873. The summed E-state index contributed by atoms with van der Waals surface area (Å²) in [6, 6.07) is 8.63. The van der Waals surface area contributed by atoms with Gasteiger partial charge in [0.2, 0.25) is 11.8 Å². The van der Waals surface area contributed by atoms with Crippen molar-refractivity contribution in [1.82, 2.24) is 15.5 Å². The molecule has 4 N–H and O–H groups in total. The molecule has 1 saturated heterocycles. The van der Waals surface area contributed by atoms with Crippen molar-refractivity contribution in [2.24, 2.45) is 5.73 Å². The van der Waals surface area contributed by atoms with E-state index in [1.807, 2.05) is 0 Å². The van der Waals surface area contributed by atoms with Crippen LogP contribution in [-0.4, -0.2) is 69.1 Å². The number of carbonyl (C=O) groups excluding carboxylic acids is 2. The SMILES string of the molecule is Cc1cccc(N2CCN(CCCNC(=O)CNC(=O)CN)CC2)c1. The molecule has 1 aliphatic heterocycles. The Bertz CT molecular complexity index is 570. The number of hydrogen-bond donors (Lipinski definition) is 3. The van der Waals surface area contributed by atoms with Crippen molar-refractivity contribution in [3.63, 3.8) is 0 Å². The summed E-state index contributed by atoms with van der Waals surface area (Å²) in [4.78, 5) is 27.4. The number of benzene rings is 1. The van der Waals surface area contributed by atoms with Gasteiger partial charge in [-0.1, -0.05) is 12.1 Å². The Morgan fingerprint density at radius 3 is 2.56 bits per heavy atom. The Morgan fingerprint density at radius 1 is 1.12 bits per heavy atom. The average Bonchev–Trinajstić information content (AvgIpc) is 2.63. The predicted octanol–water partition coefficient (Wildman–Crippen LogP) is -0.302. The first-order chi connectivity index (χ1) is 12.1. The van der Waals surface area contributed by atoms with Crippen molar-refractivity contribution in [3.05, 3.63) is 29.8 Å². The van der Waals surface area contributed by atoms with Crippen LogP contribution in [0.25, 0.3) is 0 Å². The van der Waals surface area contributed by atoms with E-state index in [0.717, 1.165) is 39.1 Å². The lowest BCUT2D eigenvalue weighted by Gasteiger charge is -2.36. The van der Waals surface area contributed by atoms with Gasteiger partial charge in [-0.15, -0.1) is 0 Å². The Labute approximate surface area is 149 Å². The average molecular weight is 347 g/mol. The van der Waals surface area contributed by atoms with Crippen LogP contribution in [0.3, 0.4) is 0 Å². The molecule has 1 heterocycles. The number of aryl methyl sites for hydroxylation is 1. The van der Waals surface area contributed by atoms with Crippen LogP contribution in [0.1, 0.15) is 12.0 Å². The Kier molecular flexibility index (Phi) is 7.69. The first-order valence-electron chi connectivity index (χ1n) is 8.86. The van der Waals surface area contributed by atoms with Crippen LogP contribution in [0.15, 0.2) is 24.3 Å². The smallest absolute Gasteiger partial charge is 0.239 e. The second kappa shape index (κ2) is 10.0. The van der Waals surface area contributed by atoms with Gasteiger partial charge in [0, 0.05) is 38.4 Å². The van der Waals surface area contributed by atoms with Crippen molar-refractivity contribution >= 4 is 17.5 Å². The number of anilines is 1. The van der Waals surface area contributed by atoms with E-state index in [1.165, 1.54) is 11.3 Å². The van der Waals surface area contributed by atoms with Gasteiger partial charge < -0.3 is 21.3 Å². The maximum absolute atomic E-state index is 11.6. The van der Waals surface area contributed by atoms with Gasteiger partial charge in [-0.3, -0.25) is 14.5 Å². The molecule has 25 heavy (non-hydrogen) atoms. The van der Waals surface area contributed by atoms with E-state index in [1.54, 1.807) is 0 Å². The van der Waals surface area contributed by atoms with Gasteiger partial charge in [0.05, 0.1) is 13.1 Å². The zero-order chi connectivity index (χ0) is 18.1. The number of nitrogens with zero attached hydrogens (tertiary/aromatic N) is 2. The number of piperazine rings is 1. The molecule has 0 radical (unpaired) electrons. The zero-order valence-electron chi connectivity index (χ0n) is 15.0. The Hall–Kier alpha value is -2.12. The van der Waals surface area contributed by atoms with E-state index in [-0.39, 0.29) is 24.9 Å². The lowest BCUT2D eigenvalue weighted by Crippen LogP contribution is -2.47. The fourth-order valence-electron chi connectivity index (χ4n) is 2.90. The molecule has 2 amide bonds. The molecule has 0 atom stereocenters. The maximum Gasteiger partial charge on any atom is 0.239 e. The fraction of sp³-hybridized carbons (Fsp3) is 0.556. The molecule has 0 saturated carbocycles. The van der Waals surface area contributed by atoms with Crippen LogP contribution < -0.4 is 21.3 Å². The second-order valence-electron chi connectivity index (χ2n) is 6.35. The van der Waals surface area contributed by atoms with E-state index >= 15 is 0 Å². The molecule has 1 aromatic carbocycles. The molecule has 0 unspecified atom stereocenters. The molecule has 1 aromatic rings. The summed E-state index contributed by atoms with van der Waals surface area (Å²) in [5.74, 6) is -0.493. The molecular formula is C18H29N5O2. The zero-order valence-corrected chi connectivity index (χ0v) is 15.0. The first kappa shape index (κ1) is 19.2. The highest BCUT2D eigenvalue weighted by Crippen LogP contribution is 2.17. The van der Waals surface area contributed by atoms with Gasteiger partial charge in [-0.2, -0.15) is 0 Å². The minimum atomic E-state index is -0.318. The molecule has 0 spiro atoms. The number of hydrogen-bond acceptors (Lipinski definition) is 5. The lowest BCUT2D eigenvalue weighted by atomic mass is 10.2. The predicted molar refractivity (Wildman–Crippen MR) is 99.5 cm³/mol. The highest BCUT2D eigenvalue weighted by molar-refractivity contribution is 5.85. The molecule has 0 aliphatic carbocycles. The van der Waals surface area contributed by atoms with E-state index in [4.69, 9.17) is 5.73 Å². The highest BCUT2D eigenvalue weighted by Gasteiger charge is 2.16. The van der Waals surface area contributed by atoms with Crippen LogP contribution in [0, 0.1) is 6.92 Å². The molecule has 7 nitrogen and oxygen atoms in total. The standard InChI is InChI=1S/C18H29N5O2/c1-15-4-2-5-16(12-15)23-10-8-22(9-11-23)7-3-6-20-18(25)14-21-17(24)13-19/h2,4-5,12H,3,6-11,13-14,19H2,1H3,(H,20,25)(H,21,24). The number of rotatable bonds is 8. The summed E-state index contributed by atoms with van der Waals surface area (Å²) >= 11 is 0. The number of nitrogens with two attached hydrogens (primary N) is 1. The van der Waals surface area contributed by atoms with E-state index in [2.05, 4.69) is 51.6 Å². The van der Waals surface area contributed by atoms with Gasteiger partial charge in [0.25, 0.3) is 0 Å². The third-order valence-corrected chi connectivity index (χ3v) is 4.34. The van der Waals surface area contributed by atoms with Crippen molar-refractivity contribution in [3.8, 4) is 0 Å². The number of carbonyl (C=O) groups is 2. The third kappa shape index (κ3) is 6.72. The summed E-state index contributed by atoms with van der Waals surface area (Å²) in [5, 5.41) is 5.27. The molecule has 2 rings (SSSR count). The second-order valence-corrected chi connectivity index (χ2v) is 6.35. The Balaban J connectivity index is 1.58. The van der Waals surface area contributed by atoms with Crippen LogP contribution in [0.5, 0.6) is 0 Å². The largest absolute Gasteiger partial charge is 0.369 e. The Morgan fingerprint density at radius 2 is 1.88 bits per heavy atom. The normalized spacial score (nSPS) is 15.0. The molecular weight excluding hydrogens is 318 g/mol. The van der Waals surface area contributed by atoms with Gasteiger partial charge in [0.15, 0.2) is 0 Å². The molecule has 138 valence electrons. The van der Waals surface area contributed by atoms with Gasteiger partial charge in [-0.25, -0.2) is 0 Å². The fourth-order valence-corrected chi connectivity index (χ4v) is 2.90. The molecule has 0 bridgehead atoms. The van der Waals surface area contributed by atoms with Crippen LogP contribution >= 0.6 is 0 Å². The summed E-state index contributed by atoms with van der Waals surface area (Å²) in [6.45, 7) is 7.74. The van der Waals surface area contributed by atoms with Gasteiger partial charge in [-0.05, 0) is 37.6 Å². The van der Waals surface area contributed by atoms with E-state index < -0.39 is 0 Å². The minimum Gasteiger partial charge on any atom is -0.369 e. The summed E-state index contributed by atoms with van der Waals surface area (Å²) in [6.07, 6.45) is 0.904. The number of amides is 2. The van der Waals surface area contributed by atoms with E-state index in [9.17, 15) is 9.59 Å². The quantitative estimate of drug-likeness (QED) is 0.562. The van der Waals surface area contributed by atoms with Crippen molar-refractivity contribution in [1.29, 1.82) is 0 Å². The molecule has 7 heteroatoms. The third-order valence-electron chi connectivity index (χ3n) is 4.34. The molecule has 1 aliphatic rings.